The molecule has 1 unspecified atom stereocenters. The monoisotopic (exact) mass is 498 g/mol. The number of nitrogens with one attached hydrogen (secondary N) is 1. The highest BCUT2D eigenvalue weighted by Crippen LogP contribution is 2.27. The summed E-state index contributed by atoms with van der Waals surface area (Å²) in [6.07, 6.45) is -6.22. The Morgan fingerprint density at radius 2 is 1.94 bits per heavy atom. The quantitative estimate of drug-likeness (QED) is 0.226. The van der Waals surface area contributed by atoms with Gasteiger partial charge in [0.15, 0.2) is 6.10 Å². The number of esters is 1. The average Bonchev–Trinajstić information content (AvgIpc) is 3.19. The molecule has 0 aliphatic heterocycles. The zero-order valence-electron chi connectivity index (χ0n) is 18.5. The number of halogens is 4. The maximum Gasteiger partial charge on any atom is 0.453 e. The van der Waals surface area contributed by atoms with Crippen molar-refractivity contribution < 1.29 is 36.8 Å². The van der Waals surface area contributed by atoms with Crippen LogP contribution in [-0.4, -0.2) is 42.5 Å². The van der Waals surface area contributed by atoms with E-state index >= 15 is 0 Å². The van der Waals surface area contributed by atoms with Crippen LogP contribution in [0.5, 0.6) is 0 Å². The second-order valence-electron chi connectivity index (χ2n) is 7.45. The van der Waals surface area contributed by atoms with E-state index in [4.69, 9.17) is 4.74 Å². The van der Waals surface area contributed by atoms with Crippen molar-refractivity contribution in [3.05, 3.63) is 56.9 Å². The van der Waals surface area contributed by atoms with Gasteiger partial charge in [0, 0.05) is 29.6 Å². The molecule has 2 heterocycles. The molecule has 0 radical (unpaired) electrons. The molecule has 1 N–H and O–H groups in total. The summed E-state index contributed by atoms with van der Waals surface area (Å²) in [5.41, 5.74) is 0.226. The number of nitro groups is 1. The number of rotatable bonds is 7. The summed E-state index contributed by atoms with van der Waals surface area (Å²) in [7, 11) is 0. The lowest BCUT2D eigenvalue weighted by Gasteiger charge is -2.14. The van der Waals surface area contributed by atoms with Gasteiger partial charge in [0.25, 0.3) is 17.5 Å². The van der Waals surface area contributed by atoms with Gasteiger partial charge in [0.2, 0.25) is 5.82 Å². The molecule has 0 bridgehead atoms. The fourth-order valence-corrected chi connectivity index (χ4v) is 3.20. The molecule has 15 heteroatoms. The number of nitrogens with zero attached hydrogens (tertiary/aromatic N) is 5. The predicted molar refractivity (Wildman–Crippen MR) is 111 cm³/mol. The first-order valence-corrected chi connectivity index (χ1v) is 10.0. The van der Waals surface area contributed by atoms with E-state index < -0.39 is 46.4 Å². The topological polar surface area (TPSA) is 142 Å². The minimum absolute atomic E-state index is 0.0408. The summed E-state index contributed by atoms with van der Waals surface area (Å²) < 4.78 is 58.1. The average molecular weight is 498 g/mol. The number of nitro benzene ring substituents is 1. The van der Waals surface area contributed by atoms with E-state index in [1.807, 2.05) is 0 Å². The van der Waals surface area contributed by atoms with E-state index in [9.17, 15) is 37.3 Å². The number of hydrogen-bond acceptors (Lipinski definition) is 8. The number of ether oxygens (including phenoxy) is 1. The molecule has 1 atom stereocenters. The van der Waals surface area contributed by atoms with Crippen molar-refractivity contribution in [1.82, 2.24) is 19.6 Å². The van der Waals surface area contributed by atoms with Crippen LogP contribution in [0.1, 0.15) is 36.1 Å². The molecule has 35 heavy (non-hydrogen) atoms. The largest absolute Gasteiger partial charge is 0.453 e. The van der Waals surface area contributed by atoms with Crippen molar-refractivity contribution in [2.45, 2.75) is 45.9 Å². The van der Waals surface area contributed by atoms with Gasteiger partial charge in [-0.05, 0) is 44.9 Å². The third kappa shape index (κ3) is 5.67. The van der Waals surface area contributed by atoms with Crippen LogP contribution in [0.3, 0.4) is 0 Å². The Labute approximate surface area is 194 Å². The third-order valence-electron chi connectivity index (χ3n) is 4.97. The number of aryl methyl sites for hydroxylation is 2. The first-order chi connectivity index (χ1) is 16.3. The molecule has 0 saturated heterocycles. The second-order valence-corrected chi connectivity index (χ2v) is 7.45. The van der Waals surface area contributed by atoms with Crippen LogP contribution >= 0.6 is 0 Å². The predicted octanol–water partition coefficient (Wildman–Crippen LogP) is 3.31. The molecule has 3 rings (SSSR count). The van der Waals surface area contributed by atoms with E-state index in [0.717, 1.165) is 22.7 Å². The highest BCUT2D eigenvalue weighted by molar-refractivity contribution is 5.95. The van der Waals surface area contributed by atoms with Gasteiger partial charge in [0.05, 0.1) is 4.92 Å². The molecule has 0 aliphatic rings. The standard InChI is InChI=1S/C20H18F4N6O5/c1-9-13(10(2)29-19(25-9)27-18(28-29)20(22,23)24)5-7-16(31)35-11(3)17(32)26-12-4-6-14(21)15(8-12)30(33)34/h4,6,8,11H,5,7H2,1-3H3,(H,26,32). The van der Waals surface area contributed by atoms with Gasteiger partial charge in [-0.15, -0.1) is 5.10 Å². The van der Waals surface area contributed by atoms with Crippen molar-refractivity contribution in [2.75, 3.05) is 5.32 Å². The van der Waals surface area contributed by atoms with Crippen molar-refractivity contribution >= 4 is 29.0 Å². The van der Waals surface area contributed by atoms with Gasteiger partial charge in [0.1, 0.15) is 0 Å². The van der Waals surface area contributed by atoms with Crippen LogP contribution in [0.25, 0.3) is 5.78 Å². The molecule has 2 aromatic heterocycles. The smallest absolute Gasteiger partial charge is 0.453 e. The van der Waals surface area contributed by atoms with Gasteiger partial charge in [-0.2, -0.15) is 22.5 Å². The molecule has 3 aromatic rings. The Hall–Kier alpha value is -4.17. The number of anilines is 1. The summed E-state index contributed by atoms with van der Waals surface area (Å²) in [4.78, 5) is 41.8. The van der Waals surface area contributed by atoms with Gasteiger partial charge in [-0.1, -0.05) is 0 Å². The molecular formula is C20H18F4N6O5. The van der Waals surface area contributed by atoms with Gasteiger partial charge < -0.3 is 10.1 Å². The molecular weight excluding hydrogens is 480 g/mol. The van der Waals surface area contributed by atoms with Crippen LogP contribution in [0.4, 0.5) is 28.9 Å². The normalized spacial score (nSPS) is 12.4. The molecule has 0 aliphatic carbocycles. The zero-order valence-corrected chi connectivity index (χ0v) is 18.5. The Kier molecular flexibility index (Phi) is 6.98. The van der Waals surface area contributed by atoms with E-state index in [1.165, 1.54) is 13.8 Å². The lowest BCUT2D eigenvalue weighted by atomic mass is 10.1. The summed E-state index contributed by atoms with van der Waals surface area (Å²) in [6, 6.07) is 2.75. The molecule has 0 spiro atoms. The van der Waals surface area contributed by atoms with Crippen molar-refractivity contribution in [3.63, 3.8) is 0 Å². The zero-order chi connectivity index (χ0) is 26.1. The number of fused-ring (bicyclic) bond motifs is 1. The summed E-state index contributed by atoms with van der Waals surface area (Å²) >= 11 is 0. The molecule has 11 nitrogen and oxygen atoms in total. The number of hydrogen-bond donors (Lipinski definition) is 1. The molecule has 1 amide bonds. The van der Waals surface area contributed by atoms with Crippen LogP contribution in [-0.2, 0) is 26.9 Å². The van der Waals surface area contributed by atoms with Crippen molar-refractivity contribution in [3.8, 4) is 0 Å². The summed E-state index contributed by atoms with van der Waals surface area (Å²) in [5, 5.41) is 16.5. The lowest BCUT2D eigenvalue weighted by Crippen LogP contribution is -2.30. The SMILES string of the molecule is Cc1nc2nc(C(F)(F)F)nn2c(C)c1CCC(=O)OC(C)C(=O)Nc1ccc(F)c([N+](=O)[O-])c1. The Balaban J connectivity index is 1.64. The lowest BCUT2D eigenvalue weighted by molar-refractivity contribution is -0.387. The van der Waals surface area contributed by atoms with Gasteiger partial charge >= 0.3 is 17.8 Å². The van der Waals surface area contributed by atoms with Crippen molar-refractivity contribution in [1.29, 1.82) is 0 Å². The Bertz CT molecular complexity index is 1320. The third-order valence-corrected chi connectivity index (χ3v) is 4.97. The maximum absolute atomic E-state index is 13.4. The minimum atomic E-state index is -4.74. The van der Waals surface area contributed by atoms with Crippen molar-refractivity contribution in [2.24, 2.45) is 0 Å². The number of carbonyl (C=O) groups is 2. The van der Waals surface area contributed by atoms with Crippen LogP contribution in [0.2, 0.25) is 0 Å². The highest BCUT2D eigenvalue weighted by Gasteiger charge is 2.37. The summed E-state index contributed by atoms with van der Waals surface area (Å²) in [6.45, 7) is 4.33. The van der Waals surface area contributed by atoms with E-state index in [1.54, 1.807) is 6.92 Å². The van der Waals surface area contributed by atoms with Crippen LogP contribution < -0.4 is 5.32 Å². The number of alkyl halides is 3. The van der Waals surface area contributed by atoms with E-state index in [-0.39, 0.29) is 24.3 Å². The Morgan fingerprint density at radius 1 is 1.26 bits per heavy atom. The second kappa shape index (κ2) is 9.60. The first kappa shape index (κ1) is 25.5. The maximum atomic E-state index is 13.4. The molecule has 1 aromatic carbocycles. The Morgan fingerprint density at radius 3 is 2.57 bits per heavy atom. The van der Waals surface area contributed by atoms with Crippen LogP contribution in [0.15, 0.2) is 18.2 Å². The number of amides is 1. The number of carbonyl (C=O) groups excluding carboxylic acids is 2. The molecule has 186 valence electrons. The van der Waals surface area contributed by atoms with Crippen LogP contribution in [0, 0.1) is 29.8 Å². The number of benzene rings is 1. The fraction of sp³-hybridized carbons (Fsp3) is 0.350. The minimum Gasteiger partial charge on any atom is -0.453 e. The van der Waals surface area contributed by atoms with E-state index in [2.05, 4.69) is 20.4 Å². The number of aromatic nitrogens is 4. The summed E-state index contributed by atoms with van der Waals surface area (Å²) in [5.74, 6) is -4.24. The fourth-order valence-electron chi connectivity index (χ4n) is 3.20. The van der Waals surface area contributed by atoms with Gasteiger partial charge in [-0.25, -0.2) is 9.50 Å². The highest BCUT2D eigenvalue weighted by atomic mass is 19.4. The molecule has 0 fully saturated rings. The molecule has 0 saturated carbocycles. The van der Waals surface area contributed by atoms with Gasteiger partial charge in [-0.3, -0.25) is 19.7 Å². The first-order valence-electron chi connectivity index (χ1n) is 10.0. The van der Waals surface area contributed by atoms with E-state index in [0.29, 0.717) is 17.0 Å².